The minimum absolute atomic E-state index is 0.160. The smallest absolute Gasteiger partial charge is 0.252 e. The Kier molecular flexibility index (Phi) is 9.98. The highest BCUT2D eigenvalue weighted by molar-refractivity contribution is 7.26. The quantitative estimate of drug-likeness (QED) is 0.160. The van der Waals surface area contributed by atoms with Crippen molar-refractivity contribution in [2.75, 3.05) is 9.80 Å². The minimum Gasteiger partial charge on any atom is -0.311 e. The molecule has 0 amide bonds. The Morgan fingerprint density at radius 2 is 0.736 bits per heavy atom. The number of benzene rings is 14. The molecule has 0 unspecified atom stereocenters. The Bertz CT molecular complexity index is 5840. The van der Waals surface area contributed by atoms with Gasteiger partial charge in [0.25, 0.3) is 6.71 Å². The topological polar surface area (TPSA) is 16.3 Å². The molecule has 1 spiro atoms. The van der Waals surface area contributed by atoms with Crippen LogP contribution in [0.5, 0.6) is 0 Å². The van der Waals surface area contributed by atoms with Crippen molar-refractivity contribution in [2.45, 2.75) is 5.41 Å². The number of hydrogen-bond acceptors (Lipinski definition) is 3. The number of nitrogens with zero attached hydrogens (tertiary/aromatic N) is 4. The summed E-state index contributed by atoms with van der Waals surface area (Å²) in [5.41, 5.74) is 29.9. The van der Waals surface area contributed by atoms with E-state index in [1.807, 2.05) is 11.3 Å². The van der Waals surface area contributed by atoms with Gasteiger partial charge in [-0.3, -0.25) is 0 Å². The maximum absolute atomic E-state index is 2.67. The summed E-state index contributed by atoms with van der Waals surface area (Å²) in [5, 5.41) is 7.49. The average molecular weight is 1170 g/mol. The summed E-state index contributed by atoms with van der Waals surface area (Å²) in [7, 11) is 0. The predicted molar refractivity (Wildman–Crippen MR) is 384 cm³/mol. The van der Waals surface area contributed by atoms with Gasteiger partial charge in [0.2, 0.25) is 0 Å². The molecule has 5 heterocycles. The van der Waals surface area contributed by atoms with Gasteiger partial charge in [-0.15, -0.1) is 11.3 Å². The molecule has 2 aliphatic heterocycles. The molecule has 2 aliphatic carbocycles. The molecule has 0 N–H and O–H groups in total. The number of fused-ring (bicyclic) bond motifs is 24. The Morgan fingerprint density at radius 3 is 1.34 bits per heavy atom. The van der Waals surface area contributed by atoms with Gasteiger partial charge in [0.05, 0.1) is 38.9 Å². The molecule has 91 heavy (non-hydrogen) atoms. The molecule has 0 saturated heterocycles. The highest BCUT2D eigenvalue weighted by Crippen LogP contribution is 2.64. The van der Waals surface area contributed by atoms with E-state index in [1.54, 1.807) is 0 Å². The molecule has 14 aromatic carbocycles. The lowest BCUT2D eigenvalue weighted by Gasteiger charge is -2.45. The first-order chi connectivity index (χ1) is 45.2. The highest BCUT2D eigenvalue weighted by Gasteiger charge is 2.52. The third kappa shape index (κ3) is 6.53. The van der Waals surface area contributed by atoms with Crippen molar-refractivity contribution in [1.29, 1.82) is 0 Å². The standard InChI is InChI=1S/C85H51BN4S/c1-2-20-52(21-3-1)53-38-40-54(41-39-53)90-79-51-57(89-75-35-17-9-27-64(75)65-28-10-18-36-76(65)89)50-78-83(79)86(72-46-47-81-82(84(72)90)66-29-11-19-37-80(66)91-81)71-45-43-56(87-73-33-15-7-25-62(73)63-26-8-16-34-74(63)87)49-77(71)88(78)55-42-44-61-60-24-6-14-32-69(60)85(70(61)48-55)67-30-12-4-22-58(67)59-23-5-13-31-68(59)85/h1-51H. The molecule has 4 nitrogen and oxygen atoms in total. The second-order valence-corrected chi connectivity index (χ2v) is 26.1. The van der Waals surface area contributed by atoms with Crippen molar-refractivity contribution in [2.24, 2.45) is 0 Å². The van der Waals surface area contributed by atoms with Crippen molar-refractivity contribution in [1.82, 2.24) is 9.13 Å². The van der Waals surface area contributed by atoms with Crippen molar-refractivity contribution >= 4 is 132 Å². The number of thiophene rings is 1. The summed E-state index contributed by atoms with van der Waals surface area (Å²) in [5.74, 6) is 0. The van der Waals surface area contributed by atoms with Crippen molar-refractivity contribution in [3.05, 3.63) is 332 Å². The van der Waals surface area contributed by atoms with Gasteiger partial charge in [-0.05, 0) is 157 Å². The van der Waals surface area contributed by atoms with E-state index in [2.05, 4.69) is 328 Å². The van der Waals surface area contributed by atoms with Gasteiger partial charge in [0.15, 0.2) is 0 Å². The van der Waals surface area contributed by atoms with Crippen LogP contribution in [0.2, 0.25) is 0 Å². The highest BCUT2D eigenvalue weighted by atomic mass is 32.1. The van der Waals surface area contributed by atoms with Crippen molar-refractivity contribution in [3.63, 3.8) is 0 Å². The number of para-hydroxylation sites is 4. The van der Waals surface area contributed by atoms with Gasteiger partial charge in [0.1, 0.15) is 0 Å². The lowest BCUT2D eigenvalue weighted by molar-refractivity contribution is 0.793. The van der Waals surface area contributed by atoms with Crippen LogP contribution in [-0.2, 0) is 5.41 Å². The molecule has 21 rings (SSSR count). The molecular formula is C85H51BN4S. The average Bonchev–Trinajstić information content (AvgIpc) is 1.63. The molecule has 0 fully saturated rings. The van der Waals surface area contributed by atoms with Crippen molar-refractivity contribution < 1.29 is 0 Å². The molecule has 0 atom stereocenters. The zero-order valence-corrected chi connectivity index (χ0v) is 50.0. The first-order valence-corrected chi connectivity index (χ1v) is 32.4. The van der Waals surface area contributed by atoms with Crippen LogP contribution in [0.4, 0.5) is 34.1 Å². The first-order valence-electron chi connectivity index (χ1n) is 31.6. The number of aromatic nitrogens is 2. The summed E-state index contributed by atoms with van der Waals surface area (Å²) in [6.07, 6.45) is 0. The van der Waals surface area contributed by atoms with E-state index in [0.717, 1.165) is 39.8 Å². The SMILES string of the molecule is c1ccc(-c2ccc(N3c4cc(-n5c6ccccc6c6ccccc65)cc5c4B(c4ccc(-n6c7ccccc7c7ccccc76)cc4N5c4ccc5c(c4)C4(c6ccccc6-c6ccccc64)c4ccccc4-5)c4ccc5sc6ccccc6c5c43)cc2)cc1. The van der Waals surface area contributed by atoms with E-state index in [-0.39, 0.29) is 6.71 Å². The van der Waals surface area contributed by atoms with Crippen LogP contribution in [-0.4, -0.2) is 15.8 Å². The second-order valence-electron chi connectivity index (χ2n) is 25.0. The second kappa shape index (κ2) is 18.3. The van der Waals surface area contributed by atoms with Gasteiger partial charge in [-0.2, -0.15) is 0 Å². The Balaban J connectivity index is 0.918. The fourth-order valence-electron chi connectivity index (χ4n) is 17.1. The Morgan fingerprint density at radius 1 is 0.286 bits per heavy atom. The molecule has 3 aromatic heterocycles. The summed E-state index contributed by atoms with van der Waals surface area (Å²) in [6, 6.07) is 117. The lowest BCUT2D eigenvalue weighted by atomic mass is 9.33. The third-order valence-corrected chi connectivity index (χ3v) is 21.8. The zero-order chi connectivity index (χ0) is 59.2. The lowest BCUT2D eigenvalue weighted by Crippen LogP contribution is -2.61. The monoisotopic (exact) mass is 1170 g/mol. The van der Waals surface area contributed by atoms with Gasteiger partial charge in [-0.1, -0.05) is 224 Å². The Hall–Kier alpha value is -11.4. The molecule has 420 valence electrons. The summed E-state index contributed by atoms with van der Waals surface area (Å²) < 4.78 is 7.59. The predicted octanol–water partition coefficient (Wildman–Crippen LogP) is 20.3. The van der Waals surface area contributed by atoms with E-state index in [9.17, 15) is 0 Å². The van der Waals surface area contributed by atoms with Crippen molar-refractivity contribution in [3.8, 4) is 44.8 Å². The third-order valence-electron chi connectivity index (χ3n) is 20.7. The summed E-state index contributed by atoms with van der Waals surface area (Å²) in [6.45, 7) is -0.160. The largest absolute Gasteiger partial charge is 0.311 e. The normalized spacial score (nSPS) is 13.7. The maximum atomic E-state index is 2.67. The van der Waals surface area contributed by atoms with Crippen LogP contribution in [0.1, 0.15) is 22.3 Å². The maximum Gasteiger partial charge on any atom is 0.252 e. The van der Waals surface area contributed by atoms with E-state index in [1.165, 1.54) is 141 Å². The fourth-order valence-corrected chi connectivity index (χ4v) is 18.2. The van der Waals surface area contributed by atoms with Gasteiger partial charge in [-0.25, -0.2) is 0 Å². The van der Waals surface area contributed by atoms with Gasteiger partial charge >= 0.3 is 0 Å². The minimum atomic E-state index is -0.554. The molecule has 0 bridgehead atoms. The van der Waals surface area contributed by atoms with E-state index in [0.29, 0.717) is 0 Å². The molecule has 4 aliphatic rings. The summed E-state index contributed by atoms with van der Waals surface area (Å²) in [4.78, 5) is 5.32. The van der Waals surface area contributed by atoms with Crippen LogP contribution >= 0.6 is 11.3 Å². The van der Waals surface area contributed by atoms with Crippen LogP contribution in [0.3, 0.4) is 0 Å². The van der Waals surface area contributed by atoms with Gasteiger partial charge < -0.3 is 18.9 Å². The molecule has 0 saturated carbocycles. The van der Waals surface area contributed by atoms with E-state index in [4.69, 9.17) is 0 Å². The molecule has 6 heteroatoms. The number of rotatable bonds is 5. The summed E-state index contributed by atoms with van der Waals surface area (Å²) >= 11 is 1.89. The molecule has 0 radical (unpaired) electrons. The first kappa shape index (κ1) is 49.5. The van der Waals surface area contributed by atoms with E-state index < -0.39 is 5.41 Å². The van der Waals surface area contributed by atoms with Crippen LogP contribution in [0, 0.1) is 0 Å². The van der Waals surface area contributed by atoms with Crippen LogP contribution in [0.15, 0.2) is 309 Å². The number of anilines is 6. The zero-order valence-electron chi connectivity index (χ0n) is 49.2. The Labute approximate surface area is 529 Å². The fraction of sp³-hybridized carbons (Fsp3) is 0.0118. The van der Waals surface area contributed by atoms with Crippen LogP contribution in [0.25, 0.3) is 109 Å². The van der Waals surface area contributed by atoms with E-state index >= 15 is 0 Å². The number of hydrogen-bond donors (Lipinski definition) is 0. The molecule has 17 aromatic rings. The molecular weight excluding hydrogens is 1120 g/mol. The van der Waals surface area contributed by atoms with Crippen LogP contribution < -0.4 is 26.2 Å². The van der Waals surface area contributed by atoms with Gasteiger partial charge in [0, 0.05) is 75.8 Å².